The summed E-state index contributed by atoms with van der Waals surface area (Å²) in [6.07, 6.45) is 0.624. The van der Waals surface area contributed by atoms with Crippen molar-refractivity contribution in [3.8, 4) is 5.75 Å². The molecule has 13 heavy (non-hydrogen) atoms. The molecule has 1 aromatic carbocycles. The Kier molecular flexibility index (Phi) is 3.98. The molecule has 70 valence electrons. The highest BCUT2D eigenvalue weighted by atomic mass is 127. The maximum atomic E-state index is 10.3. The first kappa shape index (κ1) is 10.8. The molecule has 0 spiro atoms. The van der Waals surface area contributed by atoms with Crippen molar-refractivity contribution in [2.75, 3.05) is 12.4 Å². The van der Waals surface area contributed by atoms with Gasteiger partial charge in [0.1, 0.15) is 0 Å². The van der Waals surface area contributed by atoms with Gasteiger partial charge in [-0.25, -0.2) is 0 Å². The minimum Gasteiger partial charge on any atom is -0.493 e. The van der Waals surface area contributed by atoms with Gasteiger partial charge in [0.2, 0.25) is 6.41 Å². The van der Waals surface area contributed by atoms with Gasteiger partial charge in [-0.1, -0.05) is 0 Å². The van der Waals surface area contributed by atoms with Crippen LogP contribution >= 0.6 is 38.5 Å². The van der Waals surface area contributed by atoms with Gasteiger partial charge >= 0.3 is 0 Å². The minimum atomic E-state index is 0.624. The summed E-state index contributed by atoms with van der Waals surface area (Å²) in [7, 11) is 1.57. The van der Waals surface area contributed by atoms with Crippen LogP contribution in [0.3, 0.4) is 0 Å². The number of carbonyl (C=O) groups is 1. The molecule has 0 bridgehead atoms. The SMILES string of the molecule is COc1c(I)ccc(Br)c1NC=O. The van der Waals surface area contributed by atoms with E-state index >= 15 is 0 Å². The maximum Gasteiger partial charge on any atom is 0.211 e. The van der Waals surface area contributed by atoms with E-state index in [1.54, 1.807) is 7.11 Å². The number of ether oxygens (including phenoxy) is 1. The van der Waals surface area contributed by atoms with Crippen LogP contribution in [0, 0.1) is 3.57 Å². The first-order valence-corrected chi connectivity index (χ1v) is 5.30. The fourth-order valence-electron chi connectivity index (χ4n) is 0.926. The van der Waals surface area contributed by atoms with Gasteiger partial charge in [-0.05, 0) is 50.7 Å². The van der Waals surface area contributed by atoms with E-state index in [4.69, 9.17) is 4.74 Å². The number of nitrogens with one attached hydrogen (secondary N) is 1. The Bertz CT molecular complexity index is 330. The lowest BCUT2D eigenvalue weighted by molar-refractivity contribution is -0.105. The molecular formula is C8H7BrINO2. The Labute approximate surface area is 98.1 Å². The Morgan fingerprint density at radius 1 is 1.62 bits per heavy atom. The van der Waals surface area contributed by atoms with E-state index in [0.717, 1.165) is 8.04 Å². The normalized spacial score (nSPS) is 9.46. The van der Waals surface area contributed by atoms with Gasteiger partial charge < -0.3 is 10.1 Å². The summed E-state index contributed by atoms with van der Waals surface area (Å²) in [5, 5.41) is 2.58. The molecule has 0 unspecified atom stereocenters. The summed E-state index contributed by atoms with van der Waals surface area (Å²) in [6.45, 7) is 0. The first-order valence-electron chi connectivity index (χ1n) is 3.43. The van der Waals surface area contributed by atoms with E-state index in [0.29, 0.717) is 17.8 Å². The molecule has 0 saturated carbocycles. The monoisotopic (exact) mass is 355 g/mol. The second kappa shape index (κ2) is 4.80. The number of halogens is 2. The topological polar surface area (TPSA) is 38.3 Å². The zero-order valence-electron chi connectivity index (χ0n) is 6.80. The number of carbonyl (C=O) groups excluding carboxylic acids is 1. The molecule has 0 aliphatic carbocycles. The molecule has 1 rings (SSSR count). The van der Waals surface area contributed by atoms with E-state index < -0.39 is 0 Å². The fraction of sp³-hybridized carbons (Fsp3) is 0.125. The van der Waals surface area contributed by atoms with Crippen molar-refractivity contribution in [3.63, 3.8) is 0 Å². The van der Waals surface area contributed by atoms with Crippen LogP contribution in [0.4, 0.5) is 5.69 Å². The summed E-state index contributed by atoms with van der Waals surface area (Å²) < 4.78 is 6.90. The smallest absolute Gasteiger partial charge is 0.211 e. The minimum absolute atomic E-state index is 0.624. The summed E-state index contributed by atoms with van der Waals surface area (Å²) in [5.74, 6) is 0.669. The number of rotatable bonds is 3. The van der Waals surface area contributed by atoms with Crippen molar-refractivity contribution >= 4 is 50.6 Å². The average Bonchev–Trinajstić information content (AvgIpc) is 2.12. The van der Waals surface area contributed by atoms with Crippen molar-refractivity contribution in [3.05, 3.63) is 20.2 Å². The zero-order chi connectivity index (χ0) is 9.84. The van der Waals surface area contributed by atoms with Gasteiger partial charge in [0, 0.05) is 4.47 Å². The summed E-state index contributed by atoms with van der Waals surface area (Å²) in [6, 6.07) is 3.76. The van der Waals surface area contributed by atoms with Crippen LogP contribution in [0.15, 0.2) is 16.6 Å². The fourth-order valence-corrected chi connectivity index (χ4v) is 2.02. The summed E-state index contributed by atoms with van der Waals surface area (Å²) >= 11 is 5.46. The zero-order valence-corrected chi connectivity index (χ0v) is 10.5. The predicted octanol–water partition coefficient (Wildman–Crippen LogP) is 2.63. The van der Waals surface area contributed by atoms with Crippen LogP contribution in [0.5, 0.6) is 5.75 Å². The molecule has 1 N–H and O–H groups in total. The third kappa shape index (κ3) is 2.34. The van der Waals surface area contributed by atoms with Gasteiger partial charge in [-0.15, -0.1) is 0 Å². The number of anilines is 1. The molecule has 0 saturated heterocycles. The number of benzene rings is 1. The van der Waals surface area contributed by atoms with Crippen LogP contribution < -0.4 is 10.1 Å². The highest BCUT2D eigenvalue weighted by molar-refractivity contribution is 14.1. The molecule has 0 heterocycles. The number of hydrogen-bond donors (Lipinski definition) is 1. The standard InChI is InChI=1S/C8H7BrINO2/c1-13-8-6(10)3-2-5(9)7(8)11-4-12/h2-4H,1H3,(H,11,12). The van der Waals surface area contributed by atoms with Crippen molar-refractivity contribution < 1.29 is 9.53 Å². The second-order valence-electron chi connectivity index (χ2n) is 2.20. The second-order valence-corrected chi connectivity index (χ2v) is 4.22. The Hall–Kier alpha value is -0.300. The molecular weight excluding hydrogens is 349 g/mol. The van der Waals surface area contributed by atoms with E-state index in [-0.39, 0.29) is 0 Å². The van der Waals surface area contributed by atoms with Gasteiger partial charge in [0.15, 0.2) is 5.75 Å². The molecule has 3 nitrogen and oxygen atoms in total. The molecule has 0 aliphatic rings. The molecule has 1 amide bonds. The van der Waals surface area contributed by atoms with Gasteiger partial charge in [-0.2, -0.15) is 0 Å². The Balaban J connectivity index is 3.25. The van der Waals surface area contributed by atoms with Crippen molar-refractivity contribution in [2.24, 2.45) is 0 Å². The third-order valence-electron chi connectivity index (χ3n) is 1.47. The lowest BCUT2D eigenvalue weighted by Gasteiger charge is -2.10. The largest absolute Gasteiger partial charge is 0.493 e. The van der Waals surface area contributed by atoms with Crippen LogP contribution in [-0.4, -0.2) is 13.5 Å². The van der Waals surface area contributed by atoms with Gasteiger partial charge in [-0.3, -0.25) is 4.79 Å². The van der Waals surface area contributed by atoms with Crippen LogP contribution in [-0.2, 0) is 4.79 Å². The quantitative estimate of drug-likeness (QED) is 0.668. The maximum absolute atomic E-state index is 10.3. The van der Waals surface area contributed by atoms with E-state index in [9.17, 15) is 4.79 Å². The average molecular weight is 356 g/mol. The van der Waals surface area contributed by atoms with Crippen LogP contribution in [0.2, 0.25) is 0 Å². The van der Waals surface area contributed by atoms with E-state index in [1.807, 2.05) is 12.1 Å². The number of amides is 1. The van der Waals surface area contributed by atoms with E-state index in [1.165, 1.54) is 0 Å². The van der Waals surface area contributed by atoms with Crippen molar-refractivity contribution in [1.82, 2.24) is 0 Å². The summed E-state index contributed by atoms with van der Waals surface area (Å²) in [5.41, 5.74) is 0.657. The molecule has 0 fully saturated rings. The van der Waals surface area contributed by atoms with Gasteiger partial charge in [0.25, 0.3) is 0 Å². The number of hydrogen-bond acceptors (Lipinski definition) is 2. The van der Waals surface area contributed by atoms with Crippen LogP contribution in [0.25, 0.3) is 0 Å². The molecule has 0 atom stereocenters. The van der Waals surface area contributed by atoms with Gasteiger partial charge in [0.05, 0.1) is 16.4 Å². The number of methoxy groups -OCH3 is 1. The molecule has 0 aliphatic heterocycles. The molecule has 0 aromatic heterocycles. The Morgan fingerprint density at radius 2 is 2.31 bits per heavy atom. The van der Waals surface area contributed by atoms with Crippen molar-refractivity contribution in [2.45, 2.75) is 0 Å². The highest BCUT2D eigenvalue weighted by Crippen LogP contribution is 2.36. The first-order chi connectivity index (χ1) is 6.20. The lowest BCUT2D eigenvalue weighted by Crippen LogP contribution is -1.99. The van der Waals surface area contributed by atoms with Crippen molar-refractivity contribution in [1.29, 1.82) is 0 Å². The van der Waals surface area contributed by atoms with E-state index in [2.05, 4.69) is 43.8 Å². The molecule has 0 radical (unpaired) electrons. The molecule has 5 heteroatoms. The predicted molar refractivity (Wildman–Crippen MR) is 63.1 cm³/mol. The van der Waals surface area contributed by atoms with Crippen LogP contribution in [0.1, 0.15) is 0 Å². The Morgan fingerprint density at radius 3 is 2.85 bits per heavy atom. The highest BCUT2D eigenvalue weighted by Gasteiger charge is 2.10. The lowest BCUT2D eigenvalue weighted by atomic mass is 10.3. The summed E-state index contributed by atoms with van der Waals surface area (Å²) in [4.78, 5) is 10.3. The third-order valence-corrected chi connectivity index (χ3v) is 2.98. The molecule has 1 aromatic rings.